The molecule has 1 fully saturated rings. The second kappa shape index (κ2) is 7.42. The van der Waals surface area contributed by atoms with Crippen molar-refractivity contribution in [2.45, 2.75) is 44.8 Å². The third-order valence-electron chi connectivity index (χ3n) is 3.68. The summed E-state index contributed by atoms with van der Waals surface area (Å²) in [6.45, 7) is 2.49. The summed E-state index contributed by atoms with van der Waals surface area (Å²) in [7, 11) is 0. The largest absolute Gasteiger partial charge is 0.337 e. The zero-order chi connectivity index (χ0) is 14.7. The number of carbonyl (C=O) groups is 1. The molecule has 21 heavy (non-hydrogen) atoms. The van der Waals surface area contributed by atoms with Crippen molar-refractivity contribution in [3.63, 3.8) is 0 Å². The Morgan fingerprint density at radius 2 is 2.19 bits per heavy atom. The van der Waals surface area contributed by atoms with E-state index in [1.165, 1.54) is 16.8 Å². The molecule has 1 saturated heterocycles. The average molecular weight is 317 g/mol. The molecule has 0 aromatic carbocycles. The molecule has 118 valence electrons. The summed E-state index contributed by atoms with van der Waals surface area (Å²) in [6.07, 6.45) is 4.25. The van der Waals surface area contributed by atoms with Crippen LogP contribution in [0.2, 0.25) is 0 Å². The number of likely N-dealkylation sites (tertiary alicyclic amines) is 1. The molecule has 2 atom stereocenters. The number of hydrogen-bond acceptors (Lipinski definition) is 4. The Kier molecular flexibility index (Phi) is 6.17. The first-order valence-electron chi connectivity index (χ1n) is 6.84. The summed E-state index contributed by atoms with van der Waals surface area (Å²) in [6, 6.07) is 1.16. The molecule has 0 spiro atoms. The predicted molar refractivity (Wildman–Crippen MR) is 81.6 cm³/mol. The monoisotopic (exact) mass is 316 g/mol. The van der Waals surface area contributed by atoms with Gasteiger partial charge in [0.05, 0.1) is 0 Å². The van der Waals surface area contributed by atoms with Crippen LogP contribution in [0.4, 0.5) is 0 Å². The summed E-state index contributed by atoms with van der Waals surface area (Å²) in [5.74, 6) is -0.138. The van der Waals surface area contributed by atoms with Crippen LogP contribution in [-0.2, 0) is 11.3 Å². The minimum atomic E-state index is -0.569. The maximum absolute atomic E-state index is 12.3. The molecule has 0 aliphatic carbocycles. The fourth-order valence-corrected chi connectivity index (χ4v) is 2.62. The summed E-state index contributed by atoms with van der Waals surface area (Å²) in [5.41, 5.74) is 4.89. The van der Waals surface area contributed by atoms with E-state index in [2.05, 4.69) is 4.98 Å². The van der Waals surface area contributed by atoms with Gasteiger partial charge in [-0.15, -0.1) is 12.4 Å². The topological polar surface area (TPSA) is 101 Å². The number of H-pyrrole nitrogens is 1. The van der Waals surface area contributed by atoms with E-state index in [0.29, 0.717) is 6.54 Å². The number of piperidine rings is 1. The van der Waals surface area contributed by atoms with Crippen molar-refractivity contribution in [1.82, 2.24) is 14.5 Å². The van der Waals surface area contributed by atoms with E-state index in [9.17, 15) is 14.4 Å². The summed E-state index contributed by atoms with van der Waals surface area (Å²) in [4.78, 5) is 38.8. The highest BCUT2D eigenvalue weighted by molar-refractivity contribution is 5.85. The van der Waals surface area contributed by atoms with Gasteiger partial charge in [0, 0.05) is 30.9 Å². The smallest absolute Gasteiger partial charge is 0.328 e. The number of rotatable bonds is 3. The number of nitrogens with one attached hydrogen (secondary N) is 1. The Morgan fingerprint density at radius 1 is 1.48 bits per heavy atom. The molecule has 1 aromatic heterocycles. The van der Waals surface area contributed by atoms with E-state index >= 15 is 0 Å². The Bertz CT molecular complexity index is 596. The van der Waals surface area contributed by atoms with Crippen LogP contribution in [0.5, 0.6) is 0 Å². The van der Waals surface area contributed by atoms with Crippen LogP contribution in [0.3, 0.4) is 0 Å². The van der Waals surface area contributed by atoms with Crippen molar-refractivity contribution in [2.75, 3.05) is 6.54 Å². The summed E-state index contributed by atoms with van der Waals surface area (Å²) in [5, 5.41) is 0. The number of halogens is 1. The molecular weight excluding hydrogens is 296 g/mol. The Balaban J connectivity index is 0.00000220. The van der Waals surface area contributed by atoms with Crippen LogP contribution in [0.15, 0.2) is 21.9 Å². The molecule has 8 heteroatoms. The second-order valence-electron chi connectivity index (χ2n) is 5.25. The van der Waals surface area contributed by atoms with Crippen LogP contribution in [0.25, 0.3) is 0 Å². The third-order valence-corrected chi connectivity index (χ3v) is 3.68. The zero-order valence-electron chi connectivity index (χ0n) is 11.9. The number of carbonyl (C=O) groups excluding carboxylic acids is 1. The van der Waals surface area contributed by atoms with Gasteiger partial charge < -0.3 is 10.6 Å². The van der Waals surface area contributed by atoms with Gasteiger partial charge in [-0.2, -0.15) is 0 Å². The van der Waals surface area contributed by atoms with Gasteiger partial charge in [0.1, 0.15) is 6.54 Å². The van der Waals surface area contributed by atoms with E-state index in [1.54, 1.807) is 4.90 Å². The van der Waals surface area contributed by atoms with Gasteiger partial charge in [-0.05, 0) is 26.2 Å². The molecule has 3 N–H and O–H groups in total. The summed E-state index contributed by atoms with van der Waals surface area (Å²) < 4.78 is 1.20. The van der Waals surface area contributed by atoms with E-state index in [-0.39, 0.29) is 36.9 Å². The van der Waals surface area contributed by atoms with Crippen molar-refractivity contribution in [1.29, 1.82) is 0 Å². The van der Waals surface area contributed by atoms with Crippen LogP contribution in [-0.4, -0.2) is 39.0 Å². The van der Waals surface area contributed by atoms with Gasteiger partial charge in [0.2, 0.25) is 5.91 Å². The minimum Gasteiger partial charge on any atom is -0.337 e. The lowest BCUT2D eigenvalue weighted by atomic mass is 9.97. The maximum Gasteiger partial charge on any atom is 0.328 e. The molecule has 1 aliphatic rings. The predicted octanol–water partition coefficient (Wildman–Crippen LogP) is -0.313. The molecule has 1 amide bonds. The highest BCUT2D eigenvalue weighted by Gasteiger charge is 2.29. The fourth-order valence-electron chi connectivity index (χ4n) is 2.62. The molecular formula is C13H21ClN4O3. The lowest BCUT2D eigenvalue weighted by molar-refractivity contribution is -0.136. The molecule has 1 aromatic rings. The standard InChI is InChI=1S/C13H20N4O3.ClH/c1-9(14)10-4-2-3-6-17(10)12(19)8-16-7-5-11(18)15-13(16)20;/h5,7,9-10H,2-4,6,8,14H2,1H3,(H,15,18,20);1H. The van der Waals surface area contributed by atoms with Gasteiger partial charge in [0.15, 0.2) is 0 Å². The number of amides is 1. The van der Waals surface area contributed by atoms with Crippen molar-refractivity contribution >= 4 is 18.3 Å². The Labute approximate surface area is 128 Å². The van der Waals surface area contributed by atoms with Gasteiger partial charge >= 0.3 is 5.69 Å². The van der Waals surface area contributed by atoms with Crippen LogP contribution in [0, 0.1) is 0 Å². The number of nitrogens with zero attached hydrogens (tertiary/aromatic N) is 2. The maximum atomic E-state index is 12.3. The third kappa shape index (κ3) is 4.18. The van der Waals surface area contributed by atoms with Gasteiger partial charge in [-0.25, -0.2) is 4.79 Å². The lowest BCUT2D eigenvalue weighted by Gasteiger charge is -2.38. The molecule has 1 aliphatic heterocycles. The van der Waals surface area contributed by atoms with Gasteiger partial charge in [-0.1, -0.05) is 0 Å². The summed E-state index contributed by atoms with van der Waals surface area (Å²) >= 11 is 0. The highest BCUT2D eigenvalue weighted by atomic mass is 35.5. The first kappa shape index (κ1) is 17.5. The first-order chi connectivity index (χ1) is 9.49. The molecule has 2 heterocycles. The average Bonchev–Trinajstić information content (AvgIpc) is 2.41. The molecule has 7 nitrogen and oxygen atoms in total. The van der Waals surface area contributed by atoms with Gasteiger partial charge in [-0.3, -0.25) is 19.1 Å². The first-order valence-corrected chi connectivity index (χ1v) is 6.84. The quantitative estimate of drug-likeness (QED) is 0.798. The lowest BCUT2D eigenvalue weighted by Crippen LogP contribution is -2.53. The van der Waals surface area contributed by atoms with E-state index in [1.807, 2.05) is 6.92 Å². The number of nitrogens with two attached hydrogens (primary N) is 1. The SMILES string of the molecule is CC(N)C1CCCCN1C(=O)Cn1ccc(=O)[nH]c1=O.Cl. The van der Waals surface area contributed by atoms with E-state index in [4.69, 9.17) is 5.73 Å². The highest BCUT2D eigenvalue weighted by Crippen LogP contribution is 2.19. The van der Waals surface area contributed by atoms with Crippen molar-refractivity contribution in [2.24, 2.45) is 5.73 Å². The molecule has 0 radical (unpaired) electrons. The molecule has 0 bridgehead atoms. The van der Waals surface area contributed by atoms with Crippen LogP contribution >= 0.6 is 12.4 Å². The number of hydrogen-bond donors (Lipinski definition) is 2. The fraction of sp³-hybridized carbons (Fsp3) is 0.615. The van der Waals surface area contributed by atoms with E-state index < -0.39 is 11.2 Å². The van der Waals surface area contributed by atoms with Gasteiger partial charge in [0.25, 0.3) is 5.56 Å². The van der Waals surface area contributed by atoms with Crippen LogP contribution < -0.4 is 17.0 Å². The van der Waals surface area contributed by atoms with Crippen molar-refractivity contribution in [3.05, 3.63) is 33.1 Å². The molecule has 0 saturated carbocycles. The van der Waals surface area contributed by atoms with Crippen molar-refractivity contribution in [3.8, 4) is 0 Å². The minimum absolute atomic E-state index is 0. The van der Waals surface area contributed by atoms with Crippen molar-refractivity contribution < 1.29 is 4.79 Å². The zero-order valence-corrected chi connectivity index (χ0v) is 12.8. The Morgan fingerprint density at radius 3 is 2.81 bits per heavy atom. The molecule has 2 rings (SSSR count). The molecule has 2 unspecified atom stereocenters. The number of aromatic amines is 1. The van der Waals surface area contributed by atoms with E-state index in [0.717, 1.165) is 19.3 Å². The normalized spacial score (nSPS) is 19.7. The Hall–Kier alpha value is -1.60. The number of aromatic nitrogens is 2. The second-order valence-corrected chi connectivity index (χ2v) is 5.25. The van der Waals surface area contributed by atoms with Crippen LogP contribution in [0.1, 0.15) is 26.2 Å².